The average Bonchev–Trinajstić information content (AvgIpc) is 2.31. The number of nitrogens with one attached hydrogen (secondary N) is 1. The molecule has 1 unspecified atom stereocenters. The van der Waals surface area contributed by atoms with Crippen molar-refractivity contribution in [3.63, 3.8) is 0 Å². The van der Waals surface area contributed by atoms with Gasteiger partial charge in [-0.3, -0.25) is 0 Å². The first-order chi connectivity index (χ1) is 8.58. The predicted molar refractivity (Wildman–Crippen MR) is 67.9 cm³/mol. The summed E-state index contributed by atoms with van der Waals surface area (Å²) in [6, 6.07) is 0.805. The second kappa shape index (κ2) is 7.13. The Labute approximate surface area is 107 Å². The fourth-order valence-electron chi connectivity index (χ4n) is 1.56. The van der Waals surface area contributed by atoms with Crippen LogP contribution in [0.3, 0.4) is 0 Å². The van der Waals surface area contributed by atoms with E-state index in [0.717, 1.165) is 25.3 Å². The van der Waals surface area contributed by atoms with Crippen LogP contribution in [0.1, 0.15) is 40.0 Å². The summed E-state index contributed by atoms with van der Waals surface area (Å²) in [4.78, 5) is 3.85. The van der Waals surface area contributed by atoms with Crippen LogP contribution in [0.4, 0.5) is 14.6 Å². The highest BCUT2D eigenvalue weighted by Crippen LogP contribution is 2.22. The lowest BCUT2D eigenvalue weighted by molar-refractivity contribution is 0.191. The summed E-state index contributed by atoms with van der Waals surface area (Å²) in [5.41, 5.74) is 0. The molecule has 3 nitrogen and oxygen atoms in total. The molecule has 0 fully saturated rings. The Bertz CT molecular complexity index is 385. The van der Waals surface area contributed by atoms with E-state index in [9.17, 15) is 8.78 Å². The Hall–Kier alpha value is -1.39. The van der Waals surface area contributed by atoms with Crippen molar-refractivity contribution >= 4 is 5.82 Å². The Morgan fingerprint density at radius 3 is 2.61 bits per heavy atom. The van der Waals surface area contributed by atoms with E-state index in [1.807, 2.05) is 20.8 Å². The second-order valence-corrected chi connectivity index (χ2v) is 4.25. The number of anilines is 1. The van der Waals surface area contributed by atoms with Gasteiger partial charge in [0.2, 0.25) is 0 Å². The van der Waals surface area contributed by atoms with E-state index in [2.05, 4.69) is 10.3 Å². The topological polar surface area (TPSA) is 34.2 Å². The number of hydrogen-bond donors (Lipinski definition) is 1. The Balaban J connectivity index is 2.83. The van der Waals surface area contributed by atoms with Crippen LogP contribution in [0.25, 0.3) is 0 Å². The Morgan fingerprint density at radius 1 is 1.28 bits per heavy atom. The van der Waals surface area contributed by atoms with Gasteiger partial charge in [-0.2, -0.15) is 4.98 Å². The van der Waals surface area contributed by atoms with Gasteiger partial charge in [0.05, 0.1) is 6.10 Å². The number of aromatic nitrogens is 1. The zero-order valence-corrected chi connectivity index (χ0v) is 11.1. The van der Waals surface area contributed by atoms with Gasteiger partial charge in [-0.15, -0.1) is 0 Å². The predicted octanol–water partition coefficient (Wildman–Crippen LogP) is 3.75. The zero-order chi connectivity index (χ0) is 13.5. The van der Waals surface area contributed by atoms with E-state index in [1.165, 1.54) is 0 Å². The molecule has 0 aliphatic carbocycles. The molecule has 102 valence electrons. The van der Waals surface area contributed by atoms with Gasteiger partial charge in [0.25, 0.3) is 5.88 Å². The monoisotopic (exact) mass is 258 g/mol. The SMILES string of the molecule is CCCNc1nc(OC(C)CCC)c(F)cc1F. The molecule has 1 atom stereocenters. The van der Waals surface area contributed by atoms with Crippen LogP contribution < -0.4 is 10.1 Å². The third kappa shape index (κ3) is 4.13. The minimum Gasteiger partial charge on any atom is -0.473 e. The van der Waals surface area contributed by atoms with Crippen LogP contribution in [-0.4, -0.2) is 17.6 Å². The minimum absolute atomic E-state index is 0.0388. The van der Waals surface area contributed by atoms with Crippen LogP contribution >= 0.6 is 0 Å². The fraction of sp³-hybridized carbons (Fsp3) is 0.615. The molecular formula is C13H20F2N2O. The van der Waals surface area contributed by atoms with Gasteiger partial charge in [0.15, 0.2) is 17.5 Å². The van der Waals surface area contributed by atoms with Gasteiger partial charge in [-0.05, 0) is 19.8 Å². The molecule has 1 N–H and O–H groups in total. The van der Waals surface area contributed by atoms with Crippen LogP contribution in [0.5, 0.6) is 5.88 Å². The molecule has 1 aromatic rings. The van der Waals surface area contributed by atoms with Gasteiger partial charge in [0, 0.05) is 12.6 Å². The van der Waals surface area contributed by atoms with Crippen molar-refractivity contribution in [2.45, 2.75) is 46.1 Å². The summed E-state index contributed by atoms with van der Waals surface area (Å²) < 4.78 is 32.3. The van der Waals surface area contributed by atoms with E-state index >= 15 is 0 Å². The normalized spacial score (nSPS) is 12.3. The molecule has 1 heterocycles. The molecule has 5 heteroatoms. The quantitative estimate of drug-likeness (QED) is 0.808. The van der Waals surface area contributed by atoms with Crippen LogP contribution in [0.2, 0.25) is 0 Å². The van der Waals surface area contributed by atoms with E-state index < -0.39 is 11.6 Å². The summed E-state index contributed by atoms with van der Waals surface area (Å²) in [5.74, 6) is -1.57. The lowest BCUT2D eigenvalue weighted by atomic mass is 10.2. The van der Waals surface area contributed by atoms with Crippen LogP contribution in [0.15, 0.2) is 6.07 Å². The summed E-state index contributed by atoms with van der Waals surface area (Å²) in [5, 5.41) is 2.80. The highest BCUT2D eigenvalue weighted by Gasteiger charge is 2.14. The summed E-state index contributed by atoms with van der Waals surface area (Å²) in [6.45, 7) is 6.39. The van der Waals surface area contributed by atoms with Crippen molar-refractivity contribution in [1.29, 1.82) is 0 Å². The third-order valence-electron chi connectivity index (χ3n) is 2.45. The number of nitrogens with zero attached hydrogens (tertiary/aromatic N) is 1. The number of hydrogen-bond acceptors (Lipinski definition) is 3. The largest absolute Gasteiger partial charge is 0.473 e. The molecule has 18 heavy (non-hydrogen) atoms. The second-order valence-electron chi connectivity index (χ2n) is 4.25. The maximum absolute atomic E-state index is 13.5. The molecular weight excluding hydrogens is 238 g/mol. The third-order valence-corrected chi connectivity index (χ3v) is 2.45. The minimum atomic E-state index is -0.766. The molecule has 0 aliphatic rings. The first-order valence-corrected chi connectivity index (χ1v) is 6.35. The smallest absolute Gasteiger partial charge is 0.252 e. The zero-order valence-electron chi connectivity index (χ0n) is 11.1. The van der Waals surface area contributed by atoms with Gasteiger partial charge >= 0.3 is 0 Å². The lowest BCUT2D eigenvalue weighted by Gasteiger charge is -2.15. The average molecular weight is 258 g/mol. The first-order valence-electron chi connectivity index (χ1n) is 6.35. The molecule has 0 aliphatic heterocycles. The Kier molecular flexibility index (Phi) is 5.82. The first kappa shape index (κ1) is 14.7. The van der Waals surface area contributed by atoms with Crippen molar-refractivity contribution in [3.8, 4) is 5.88 Å². The van der Waals surface area contributed by atoms with E-state index in [1.54, 1.807) is 0 Å². The Morgan fingerprint density at radius 2 is 2.00 bits per heavy atom. The molecule has 1 aromatic heterocycles. The van der Waals surface area contributed by atoms with Crippen LogP contribution in [-0.2, 0) is 0 Å². The number of rotatable bonds is 7. The van der Waals surface area contributed by atoms with Crippen LogP contribution in [0, 0.1) is 11.6 Å². The summed E-state index contributed by atoms with van der Waals surface area (Å²) >= 11 is 0. The van der Waals surface area contributed by atoms with Gasteiger partial charge in [-0.1, -0.05) is 20.3 Å². The van der Waals surface area contributed by atoms with Crippen molar-refractivity contribution < 1.29 is 13.5 Å². The fourth-order valence-corrected chi connectivity index (χ4v) is 1.56. The van der Waals surface area contributed by atoms with Gasteiger partial charge in [0.1, 0.15) is 0 Å². The molecule has 0 aromatic carbocycles. The van der Waals surface area contributed by atoms with E-state index in [-0.39, 0.29) is 17.8 Å². The molecule has 0 bridgehead atoms. The molecule has 0 saturated heterocycles. The lowest BCUT2D eigenvalue weighted by Crippen LogP contribution is -2.14. The van der Waals surface area contributed by atoms with Gasteiger partial charge < -0.3 is 10.1 Å². The molecule has 0 saturated carbocycles. The van der Waals surface area contributed by atoms with Crippen molar-refractivity contribution in [3.05, 3.63) is 17.7 Å². The van der Waals surface area contributed by atoms with Crippen molar-refractivity contribution in [2.24, 2.45) is 0 Å². The number of pyridine rings is 1. The summed E-state index contributed by atoms with van der Waals surface area (Å²) in [7, 11) is 0. The molecule has 0 amide bonds. The molecule has 0 spiro atoms. The highest BCUT2D eigenvalue weighted by molar-refractivity contribution is 5.39. The standard InChI is InChI=1S/C13H20F2N2O/c1-4-6-9(3)18-13-11(15)8-10(14)12(17-13)16-7-5-2/h8-9H,4-7H2,1-3H3,(H,16,17). The van der Waals surface area contributed by atoms with E-state index in [0.29, 0.717) is 6.54 Å². The van der Waals surface area contributed by atoms with E-state index in [4.69, 9.17) is 4.74 Å². The summed E-state index contributed by atoms with van der Waals surface area (Å²) in [6.07, 6.45) is 2.43. The maximum Gasteiger partial charge on any atom is 0.252 e. The van der Waals surface area contributed by atoms with Gasteiger partial charge in [-0.25, -0.2) is 8.78 Å². The number of ether oxygens (including phenoxy) is 1. The molecule has 0 radical (unpaired) electrons. The number of halogens is 2. The maximum atomic E-state index is 13.5. The highest BCUT2D eigenvalue weighted by atomic mass is 19.1. The van der Waals surface area contributed by atoms with Crippen molar-refractivity contribution in [1.82, 2.24) is 4.98 Å². The van der Waals surface area contributed by atoms with Crippen molar-refractivity contribution in [2.75, 3.05) is 11.9 Å². The molecule has 1 rings (SSSR count).